The molecule has 0 unspecified atom stereocenters. The van der Waals surface area contributed by atoms with Crippen molar-refractivity contribution in [3.8, 4) is 11.5 Å². The van der Waals surface area contributed by atoms with Crippen LogP contribution in [0.15, 0.2) is 42.5 Å². The Balaban J connectivity index is 2.11. The van der Waals surface area contributed by atoms with E-state index in [1.165, 1.54) is 0 Å². The molecule has 0 aliphatic carbocycles. The number of carbonyl (C=O) groups is 1. The number of nitrogens with one attached hydrogen (secondary N) is 2. The van der Waals surface area contributed by atoms with Crippen LogP contribution in [0.5, 0.6) is 11.5 Å². The summed E-state index contributed by atoms with van der Waals surface area (Å²) in [5.41, 5.74) is 2.46. The molecule has 5 heteroatoms. The molecule has 2 aromatic rings. The van der Waals surface area contributed by atoms with E-state index in [0.717, 1.165) is 17.7 Å². The second-order valence-corrected chi connectivity index (χ2v) is 4.70. The van der Waals surface area contributed by atoms with Crippen molar-refractivity contribution >= 4 is 17.4 Å². The Morgan fingerprint density at radius 1 is 1.05 bits per heavy atom. The highest BCUT2D eigenvalue weighted by Gasteiger charge is 2.09. The minimum Gasteiger partial charge on any atom is -0.497 e. The van der Waals surface area contributed by atoms with Crippen LogP contribution in [0.1, 0.15) is 12.5 Å². The molecule has 2 N–H and O–H groups in total. The van der Waals surface area contributed by atoms with Gasteiger partial charge in [0.2, 0.25) is 0 Å². The maximum absolute atomic E-state index is 12.1. The zero-order valence-corrected chi connectivity index (χ0v) is 13.0. The second-order valence-electron chi connectivity index (χ2n) is 4.70. The molecule has 0 aromatic heterocycles. The molecule has 0 spiro atoms. The molecule has 2 rings (SSSR count). The number of methoxy groups -OCH3 is 2. The quantitative estimate of drug-likeness (QED) is 0.880. The summed E-state index contributed by atoms with van der Waals surface area (Å²) in [6.45, 7) is 2.07. The third-order valence-corrected chi connectivity index (χ3v) is 3.25. The van der Waals surface area contributed by atoms with E-state index in [1.54, 1.807) is 32.4 Å². The number of rotatable bonds is 5. The van der Waals surface area contributed by atoms with Gasteiger partial charge < -0.3 is 20.1 Å². The molecule has 0 saturated carbocycles. The smallest absolute Gasteiger partial charge is 0.323 e. The highest BCUT2D eigenvalue weighted by Crippen LogP contribution is 2.29. The van der Waals surface area contributed by atoms with E-state index in [-0.39, 0.29) is 6.03 Å². The first-order chi connectivity index (χ1) is 10.7. The molecule has 0 fully saturated rings. The fourth-order valence-electron chi connectivity index (χ4n) is 2.07. The molecule has 0 saturated heterocycles. The maximum Gasteiger partial charge on any atom is 0.323 e. The summed E-state index contributed by atoms with van der Waals surface area (Å²) in [4.78, 5) is 12.1. The number of urea groups is 1. The van der Waals surface area contributed by atoms with Crippen molar-refractivity contribution in [2.75, 3.05) is 24.9 Å². The lowest BCUT2D eigenvalue weighted by molar-refractivity contribution is 0.262. The van der Waals surface area contributed by atoms with Gasteiger partial charge in [-0.05, 0) is 36.2 Å². The maximum atomic E-state index is 12.1. The number of benzene rings is 2. The van der Waals surface area contributed by atoms with Crippen LogP contribution in [0.2, 0.25) is 0 Å². The SMILES string of the molecule is CCc1cccc(NC(=O)Nc2cc(OC)ccc2OC)c1. The van der Waals surface area contributed by atoms with E-state index in [0.29, 0.717) is 17.2 Å². The number of aryl methyl sites for hydroxylation is 1. The summed E-state index contributed by atoms with van der Waals surface area (Å²) in [6.07, 6.45) is 0.918. The zero-order valence-electron chi connectivity index (χ0n) is 13.0. The molecule has 2 aromatic carbocycles. The average Bonchev–Trinajstić information content (AvgIpc) is 2.54. The van der Waals surface area contributed by atoms with Crippen LogP contribution >= 0.6 is 0 Å². The lowest BCUT2D eigenvalue weighted by Crippen LogP contribution is -2.19. The molecule has 0 aliphatic rings. The van der Waals surface area contributed by atoms with Crippen LogP contribution in [-0.4, -0.2) is 20.3 Å². The number of hydrogen-bond donors (Lipinski definition) is 2. The Hall–Kier alpha value is -2.69. The lowest BCUT2D eigenvalue weighted by Gasteiger charge is -2.13. The Morgan fingerprint density at radius 2 is 1.86 bits per heavy atom. The molecule has 0 bridgehead atoms. The number of carbonyl (C=O) groups excluding carboxylic acids is 1. The molecular weight excluding hydrogens is 280 g/mol. The van der Waals surface area contributed by atoms with E-state index >= 15 is 0 Å². The van der Waals surface area contributed by atoms with Crippen molar-refractivity contribution in [3.05, 3.63) is 48.0 Å². The summed E-state index contributed by atoms with van der Waals surface area (Å²) < 4.78 is 10.4. The number of anilines is 2. The van der Waals surface area contributed by atoms with Crippen LogP contribution in [0.25, 0.3) is 0 Å². The Morgan fingerprint density at radius 3 is 2.55 bits per heavy atom. The van der Waals surface area contributed by atoms with Gasteiger partial charge in [0.25, 0.3) is 0 Å². The molecule has 0 atom stereocenters. The van der Waals surface area contributed by atoms with Gasteiger partial charge in [0.15, 0.2) is 0 Å². The van der Waals surface area contributed by atoms with Crippen molar-refractivity contribution in [2.24, 2.45) is 0 Å². The highest BCUT2D eigenvalue weighted by atomic mass is 16.5. The van der Waals surface area contributed by atoms with Crippen LogP contribution in [0.4, 0.5) is 16.2 Å². The van der Waals surface area contributed by atoms with E-state index in [9.17, 15) is 4.79 Å². The van der Waals surface area contributed by atoms with Crippen LogP contribution < -0.4 is 20.1 Å². The van der Waals surface area contributed by atoms with E-state index in [4.69, 9.17) is 9.47 Å². The van der Waals surface area contributed by atoms with E-state index in [1.807, 2.05) is 24.3 Å². The Bertz CT molecular complexity index is 656. The zero-order chi connectivity index (χ0) is 15.9. The summed E-state index contributed by atoms with van der Waals surface area (Å²) >= 11 is 0. The van der Waals surface area contributed by atoms with Crippen molar-refractivity contribution in [1.82, 2.24) is 0 Å². The fraction of sp³-hybridized carbons (Fsp3) is 0.235. The Labute approximate surface area is 130 Å². The van der Waals surface area contributed by atoms with Gasteiger partial charge in [-0.3, -0.25) is 0 Å². The first-order valence-electron chi connectivity index (χ1n) is 7.05. The molecule has 22 heavy (non-hydrogen) atoms. The molecule has 0 aliphatic heterocycles. The average molecular weight is 300 g/mol. The first kappa shape index (κ1) is 15.7. The number of ether oxygens (including phenoxy) is 2. The van der Waals surface area contributed by atoms with Crippen LogP contribution in [0.3, 0.4) is 0 Å². The second kappa shape index (κ2) is 7.36. The predicted octanol–water partition coefficient (Wildman–Crippen LogP) is 3.91. The fourth-order valence-corrected chi connectivity index (χ4v) is 2.07. The van der Waals surface area contributed by atoms with Gasteiger partial charge in [0.1, 0.15) is 11.5 Å². The monoisotopic (exact) mass is 300 g/mol. The molecule has 116 valence electrons. The normalized spacial score (nSPS) is 9.95. The van der Waals surface area contributed by atoms with Crippen molar-refractivity contribution < 1.29 is 14.3 Å². The van der Waals surface area contributed by atoms with Gasteiger partial charge >= 0.3 is 6.03 Å². The van der Waals surface area contributed by atoms with Crippen molar-refractivity contribution in [2.45, 2.75) is 13.3 Å². The third kappa shape index (κ3) is 3.91. The summed E-state index contributed by atoms with van der Waals surface area (Å²) in [5, 5.41) is 5.57. The summed E-state index contributed by atoms with van der Waals surface area (Å²) in [7, 11) is 3.12. The molecule has 0 radical (unpaired) electrons. The lowest BCUT2D eigenvalue weighted by atomic mass is 10.1. The predicted molar refractivity (Wildman–Crippen MR) is 88.0 cm³/mol. The van der Waals surface area contributed by atoms with Gasteiger partial charge in [-0.1, -0.05) is 19.1 Å². The molecular formula is C17H20N2O3. The van der Waals surface area contributed by atoms with E-state index < -0.39 is 0 Å². The third-order valence-electron chi connectivity index (χ3n) is 3.25. The largest absolute Gasteiger partial charge is 0.497 e. The molecule has 2 amide bonds. The van der Waals surface area contributed by atoms with Crippen molar-refractivity contribution in [3.63, 3.8) is 0 Å². The Kier molecular flexibility index (Phi) is 5.25. The van der Waals surface area contributed by atoms with E-state index in [2.05, 4.69) is 17.6 Å². The molecule has 0 heterocycles. The summed E-state index contributed by atoms with van der Waals surface area (Å²) in [5.74, 6) is 1.21. The standard InChI is InChI=1S/C17H20N2O3/c1-4-12-6-5-7-13(10-12)18-17(20)19-15-11-14(21-2)8-9-16(15)22-3/h5-11H,4H2,1-3H3,(H2,18,19,20). The minimum absolute atomic E-state index is 0.334. The summed E-state index contributed by atoms with van der Waals surface area (Å²) in [6, 6.07) is 12.6. The highest BCUT2D eigenvalue weighted by molar-refractivity contribution is 6.00. The van der Waals surface area contributed by atoms with Crippen molar-refractivity contribution in [1.29, 1.82) is 0 Å². The molecule has 5 nitrogen and oxygen atoms in total. The minimum atomic E-state index is -0.334. The van der Waals surface area contributed by atoms with Gasteiger partial charge in [0.05, 0.1) is 19.9 Å². The number of amides is 2. The van der Waals surface area contributed by atoms with Gasteiger partial charge in [-0.25, -0.2) is 4.79 Å². The first-order valence-corrected chi connectivity index (χ1v) is 7.05. The van der Waals surface area contributed by atoms with Gasteiger partial charge in [0, 0.05) is 11.8 Å². The topological polar surface area (TPSA) is 59.6 Å². The number of hydrogen-bond acceptors (Lipinski definition) is 3. The van der Waals surface area contributed by atoms with Crippen LogP contribution in [0, 0.1) is 0 Å². The van der Waals surface area contributed by atoms with Gasteiger partial charge in [-0.2, -0.15) is 0 Å². The van der Waals surface area contributed by atoms with Gasteiger partial charge in [-0.15, -0.1) is 0 Å². The van der Waals surface area contributed by atoms with Crippen LogP contribution in [-0.2, 0) is 6.42 Å².